The number of aryl methyl sites for hydroxylation is 1. The number of nitrogens with zero attached hydrogens (tertiary/aromatic N) is 1. The molecule has 2 N–H and O–H groups in total. The molecule has 0 aliphatic carbocycles. The lowest BCUT2D eigenvalue weighted by Gasteiger charge is -1.99. The summed E-state index contributed by atoms with van der Waals surface area (Å²) in [5, 5.41) is 1.80. The van der Waals surface area contributed by atoms with Crippen LogP contribution < -0.4 is 5.73 Å². The van der Waals surface area contributed by atoms with Crippen LogP contribution in [0.4, 0.5) is 0 Å². The molecule has 0 atom stereocenters. The fourth-order valence-corrected chi connectivity index (χ4v) is 3.47. The topological polar surface area (TPSA) is 38.9 Å². The molecule has 1 aromatic heterocycles. The van der Waals surface area contributed by atoms with E-state index in [9.17, 15) is 0 Å². The second kappa shape index (κ2) is 4.37. The summed E-state index contributed by atoms with van der Waals surface area (Å²) in [4.78, 5) is 4.54. The van der Waals surface area contributed by atoms with Crippen LogP contribution in [0.2, 0.25) is 5.02 Å². The largest absolute Gasteiger partial charge is 0.330 e. The van der Waals surface area contributed by atoms with Gasteiger partial charge in [-0.25, -0.2) is 4.98 Å². The number of thiazole rings is 1. The van der Waals surface area contributed by atoms with Crippen molar-refractivity contribution in [3.05, 3.63) is 26.1 Å². The number of aromatic nitrogens is 1. The van der Waals surface area contributed by atoms with Crippen molar-refractivity contribution in [2.45, 2.75) is 13.3 Å². The fourth-order valence-electron chi connectivity index (χ4n) is 1.44. The summed E-state index contributed by atoms with van der Waals surface area (Å²) in [7, 11) is 0. The molecule has 0 bridgehead atoms. The molecule has 0 saturated carbocycles. The van der Waals surface area contributed by atoms with Gasteiger partial charge in [-0.2, -0.15) is 0 Å². The summed E-state index contributed by atoms with van der Waals surface area (Å²) >= 11 is 11.3. The first-order valence-corrected chi connectivity index (χ1v) is 6.56. The minimum atomic E-state index is 0.623. The number of benzene rings is 1. The Bertz CT molecular complexity index is 510. The fraction of sp³-hybridized carbons (Fsp3) is 0.300. The van der Waals surface area contributed by atoms with Crippen LogP contribution in [0.3, 0.4) is 0 Å². The molecule has 80 valence electrons. The highest BCUT2D eigenvalue weighted by atomic mass is 79.9. The number of rotatable bonds is 2. The first-order valence-electron chi connectivity index (χ1n) is 4.57. The SMILES string of the molecule is Cc1cc(Br)c(Cl)c2sc(CCN)nc12. The van der Waals surface area contributed by atoms with Crippen molar-refractivity contribution in [1.82, 2.24) is 4.98 Å². The molecular weight excluding hydrogens is 296 g/mol. The molecule has 5 heteroatoms. The number of halogens is 2. The number of hydrogen-bond acceptors (Lipinski definition) is 3. The Labute approximate surface area is 106 Å². The smallest absolute Gasteiger partial charge is 0.0951 e. The van der Waals surface area contributed by atoms with E-state index in [1.807, 2.05) is 13.0 Å². The van der Waals surface area contributed by atoms with Crippen LogP contribution in [0.15, 0.2) is 10.5 Å². The zero-order chi connectivity index (χ0) is 11.0. The van der Waals surface area contributed by atoms with Crippen LogP contribution in [-0.2, 0) is 6.42 Å². The normalized spacial score (nSPS) is 11.2. The summed E-state index contributed by atoms with van der Waals surface area (Å²) < 4.78 is 1.98. The highest BCUT2D eigenvalue weighted by Crippen LogP contribution is 2.36. The standard InChI is InChI=1S/C10H10BrClN2S/c1-5-4-6(11)8(12)10-9(5)14-7(15-10)2-3-13/h4H,2-3,13H2,1H3. The van der Waals surface area contributed by atoms with Gasteiger partial charge in [0, 0.05) is 10.9 Å². The maximum atomic E-state index is 6.20. The number of hydrogen-bond donors (Lipinski definition) is 1. The van der Waals surface area contributed by atoms with Crippen LogP contribution in [0.1, 0.15) is 10.6 Å². The van der Waals surface area contributed by atoms with Crippen molar-refractivity contribution >= 4 is 49.1 Å². The number of nitrogens with two attached hydrogens (primary N) is 1. The third-order valence-electron chi connectivity index (χ3n) is 2.16. The molecule has 2 nitrogen and oxygen atoms in total. The van der Waals surface area contributed by atoms with Crippen molar-refractivity contribution in [1.29, 1.82) is 0 Å². The van der Waals surface area contributed by atoms with Crippen molar-refractivity contribution in [2.75, 3.05) is 6.54 Å². The van der Waals surface area contributed by atoms with Gasteiger partial charge in [-0.05, 0) is 41.0 Å². The highest BCUT2D eigenvalue weighted by Gasteiger charge is 2.12. The van der Waals surface area contributed by atoms with Gasteiger partial charge in [0.2, 0.25) is 0 Å². The summed E-state index contributed by atoms with van der Waals surface area (Å²) in [5.74, 6) is 0. The maximum Gasteiger partial charge on any atom is 0.0951 e. The summed E-state index contributed by atoms with van der Waals surface area (Å²) in [6.07, 6.45) is 0.812. The predicted octanol–water partition coefficient (Wildman–Crippen LogP) is 3.52. The molecule has 2 rings (SSSR count). The lowest BCUT2D eigenvalue weighted by atomic mass is 10.2. The van der Waals surface area contributed by atoms with E-state index in [0.717, 1.165) is 36.7 Å². The van der Waals surface area contributed by atoms with Gasteiger partial charge in [0.25, 0.3) is 0 Å². The predicted molar refractivity (Wildman–Crippen MR) is 69.8 cm³/mol. The number of fused-ring (bicyclic) bond motifs is 1. The van der Waals surface area contributed by atoms with E-state index >= 15 is 0 Å². The van der Waals surface area contributed by atoms with Gasteiger partial charge >= 0.3 is 0 Å². The zero-order valence-electron chi connectivity index (χ0n) is 8.18. The molecule has 0 aliphatic heterocycles. The average Bonchev–Trinajstić information content (AvgIpc) is 2.60. The van der Waals surface area contributed by atoms with E-state index < -0.39 is 0 Å². The highest BCUT2D eigenvalue weighted by molar-refractivity contribution is 9.10. The molecule has 0 spiro atoms. The molecule has 1 heterocycles. The molecule has 2 aromatic rings. The van der Waals surface area contributed by atoms with Crippen LogP contribution in [0, 0.1) is 6.92 Å². The van der Waals surface area contributed by atoms with Gasteiger partial charge < -0.3 is 5.73 Å². The molecular formula is C10H10BrClN2S. The third kappa shape index (κ3) is 2.04. The van der Waals surface area contributed by atoms with Gasteiger partial charge in [0.15, 0.2) is 0 Å². The molecule has 0 unspecified atom stereocenters. The first-order chi connectivity index (χ1) is 7.13. The zero-order valence-corrected chi connectivity index (χ0v) is 11.3. The molecule has 0 amide bonds. The lowest BCUT2D eigenvalue weighted by molar-refractivity contribution is 0.957. The maximum absolute atomic E-state index is 6.20. The lowest BCUT2D eigenvalue weighted by Crippen LogP contribution is -2.01. The van der Waals surface area contributed by atoms with E-state index in [-0.39, 0.29) is 0 Å². The van der Waals surface area contributed by atoms with Crippen LogP contribution in [0.25, 0.3) is 10.2 Å². The Morgan fingerprint density at radius 2 is 2.33 bits per heavy atom. The summed E-state index contributed by atoms with van der Waals surface area (Å²) in [5.41, 5.74) is 7.65. The molecule has 0 aliphatic rings. The van der Waals surface area contributed by atoms with Crippen LogP contribution in [0.5, 0.6) is 0 Å². The summed E-state index contributed by atoms with van der Waals surface area (Å²) in [6, 6.07) is 2.00. The Balaban J connectivity index is 2.68. The van der Waals surface area contributed by atoms with Gasteiger partial charge in [0.1, 0.15) is 0 Å². The van der Waals surface area contributed by atoms with E-state index in [1.54, 1.807) is 11.3 Å². The van der Waals surface area contributed by atoms with Crippen molar-refractivity contribution < 1.29 is 0 Å². The van der Waals surface area contributed by atoms with Crippen molar-refractivity contribution in [2.24, 2.45) is 5.73 Å². The minimum absolute atomic E-state index is 0.623. The molecule has 0 fully saturated rings. The van der Waals surface area contributed by atoms with Crippen LogP contribution in [-0.4, -0.2) is 11.5 Å². The Morgan fingerprint density at radius 1 is 1.60 bits per heavy atom. The molecule has 1 aromatic carbocycles. The van der Waals surface area contributed by atoms with Gasteiger partial charge in [0.05, 0.1) is 20.2 Å². The molecule has 0 radical (unpaired) electrons. The summed E-state index contributed by atoms with van der Waals surface area (Å²) in [6.45, 7) is 2.66. The minimum Gasteiger partial charge on any atom is -0.330 e. The average molecular weight is 306 g/mol. The van der Waals surface area contributed by atoms with Gasteiger partial charge in [-0.1, -0.05) is 11.6 Å². The first kappa shape index (κ1) is 11.3. The van der Waals surface area contributed by atoms with Gasteiger partial charge in [-0.3, -0.25) is 0 Å². The Hall–Kier alpha value is -0.160. The molecule has 0 saturated heterocycles. The third-order valence-corrected chi connectivity index (χ3v) is 4.65. The quantitative estimate of drug-likeness (QED) is 0.922. The van der Waals surface area contributed by atoms with Crippen LogP contribution >= 0.6 is 38.9 Å². The van der Waals surface area contributed by atoms with Crippen molar-refractivity contribution in [3.63, 3.8) is 0 Å². The second-order valence-corrected chi connectivity index (χ2v) is 5.63. The van der Waals surface area contributed by atoms with E-state index in [0.29, 0.717) is 6.54 Å². The van der Waals surface area contributed by atoms with E-state index in [4.69, 9.17) is 17.3 Å². The van der Waals surface area contributed by atoms with Crippen molar-refractivity contribution in [3.8, 4) is 0 Å². The monoisotopic (exact) mass is 304 g/mol. The molecule has 15 heavy (non-hydrogen) atoms. The second-order valence-electron chi connectivity index (χ2n) is 3.31. The Morgan fingerprint density at radius 3 is 3.00 bits per heavy atom. The van der Waals surface area contributed by atoms with Gasteiger partial charge in [-0.15, -0.1) is 11.3 Å². The van der Waals surface area contributed by atoms with E-state index in [2.05, 4.69) is 20.9 Å². The Kier molecular flexibility index (Phi) is 3.30. The van der Waals surface area contributed by atoms with E-state index in [1.165, 1.54) is 0 Å².